The fourth-order valence-corrected chi connectivity index (χ4v) is 2.14. The molecule has 0 amide bonds. The Morgan fingerprint density at radius 3 is 2.89 bits per heavy atom. The maximum Gasteiger partial charge on any atom is 0.307 e. The Labute approximate surface area is 107 Å². The summed E-state index contributed by atoms with van der Waals surface area (Å²) in [6, 6.07) is 10.3. The molecular weight excluding hydrogens is 230 g/mol. The zero-order valence-electron chi connectivity index (χ0n) is 10.6. The molecule has 0 aromatic heterocycles. The highest BCUT2D eigenvalue weighted by Gasteiger charge is 2.26. The van der Waals surface area contributed by atoms with Crippen LogP contribution in [0.25, 0.3) is 0 Å². The molecule has 1 aromatic rings. The van der Waals surface area contributed by atoms with E-state index >= 15 is 0 Å². The molecule has 0 saturated carbocycles. The predicted molar refractivity (Wildman–Crippen MR) is 68.1 cm³/mol. The Morgan fingerprint density at radius 2 is 2.17 bits per heavy atom. The summed E-state index contributed by atoms with van der Waals surface area (Å²) in [5.74, 6) is -0.170. The fourth-order valence-electron chi connectivity index (χ4n) is 2.14. The zero-order valence-corrected chi connectivity index (χ0v) is 10.6. The number of esters is 1. The molecule has 1 saturated heterocycles. The minimum absolute atomic E-state index is 0.170. The molecule has 98 valence electrons. The third kappa shape index (κ3) is 3.82. The number of rotatable bonds is 5. The standard InChI is InChI=1S/C14H19NO3/c1-17-14(16)8-12-7-13(9-15-12)18-10-11-5-3-2-4-6-11/h2-6,12-13,15H,7-10H2,1H3/t12-,13+/m0/s1. The Morgan fingerprint density at radius 1 is 1.39 bits per heavy atom. The summed E-state index contributed by atoms with van der Waals surface area (Å²) in [5.41, 5.74) is 1.17. The van der Waals surface area contributed by atoms with Gasteiger partial charge in [-0.2, -0.15) is 0 Å². The van der Waals surface area contributed by atoms with Gasteiger partial charge in [-0.15, -0.1) is 0 Å². The summed E-state index contributed by atoms with van der Waals surface area (Å²) in [5, 5.41) is 3.28. The quantitative estimate of drug-likeness (QED) is 0.803. The van der Waals surface area contributed by atoms with Gasteiger partial charge in [0.25, 0.3) is 0 Å². The lowest BCUT2D eigenvalue weighted by Gasteiger charge is -2.11. The number of hydrogen-bond acceptors (Lipinski definition) is 4. The Balaban J connectivity index is 1.71. The molecule has 0 spiro atoms. The molecule has 4 heteroatoms. The number of carbonyl (C=O) groups excluding carboxylic acids is 1. The van der Waals surface area contributed by atoms with Crippen molar-refractivity contribution in [2.75, 3.05) is 13.7 Å². The van der Waals surface area contributed by atoms with E-state index in [-0.39, 0.29) is 18.1 Å². The van der Waals surface area contributed by atoms with E-state index in [4.69, 9.17) is 4.74 Å². The van der Waals surface area contributed by atoms with Crippen LogP contribution >= 0.6 is 0 Å². The molecule has 1 aromatic carbocycles. The van der Waals surface area contributed by atoms with E-state index in [1.165, 1.54) is 12.7 Å². The molecule has 18 heavy (non-hydrogen) atoms. The summed E-state index contributed by atoms with van der Waals surface area (Å²) in [7, 11) is 1.42. The molecular formula is C14H19NO3. The van der Waals surface area contributed by atoms with Crippen LogP contribution in [0.15, 0.2) is 30.3 Å². The van der Waals surface area contributed by atoms with Crippen LogP contribution in [0.5, 0.6) is 0 Å². The van der Waals surface area contributed by atoms with E-state index in [1.807, 2.05) is 30.3 Å². The highest BCUT2D eigenvalue weighted by atomic mass is 16.5. The van der Waals surface area contributed by atoms with Gasteiger partial charge in [-0.25, -0.2) is 0 Å². The number of ether oxygens (including phenoxy) is 2. The maximum absolute atomic E-state index is 11.2. The highest BCUT2D eigenvalue weighted by Crippen LogP contribution is 2.15. The Bertz CT molecular complexity index is 380. The van der Waals surface area contributed by atoms with E-state index in [2.05, 4.69) is 10.1 Å². The van der Waals surface area contributed by atoms with Gasteiger partial charge in [-0.05, 0) is 12.0 Å². The van der Waals surface area contributed by atoms with Crippen LogP contribution < -0.4 is 5.32 Å². The van der Waals surface area contributed by atoms with E-state index in [0.29, 0.717) is 13.0 Å². The van der Waals surface area contributed by atoms with Crippen molar-refractivity contribution in [3.63, 3.8) is 0 Å². The molecule has 0 radical (unpaired) electrons. The summed E-state index contributed by atoms with van der Waals surface area (Å²) >= 11 is 0. The topological polar surface area (TPSA) is 47.6 Å². The first kappa shape index (κ1) is 13.1. The molecule has 1 fully saturated rings. The summed E-state index contributed by atoms with van der Waals surface area (Å²) in [6.45, 7) is 1.42. The molecule has 1 N–H and O–H groups in total. The summed E-state index contributed by atoms with van der Waals surface area (Å²) in [6.07, 6.45) is 1.46. The Hall–Kier alpha value is -1.39. The number of methoxy groups -OCH3 is 1. The lowest BCUT2D eigenvalue weighted by molar-refractivity contribution is -0.141. The summed E-state index contributed by atoms with van der Waals surface area (Å²) < 4.78 is 10.5. The third-order valence-electron chi connectivity index (χ3n) is 3.15. The average molecular weight is 249 g/mol. The second kappa shape index (κ2) is 6.52. The number of nitrogens with one attached hydrogen (secondary N) is 1. The minimum Gasteiger partial charge on any atom is -0.469 e. The lowest BCUT2D eigenvalue weighted by atomic mass is 10.1. The predicted octanol–water partition coefficient (Wildman–Crippen LogP) is 1.50. The van der Waals surface area contributed by atoms with Gasteiger partial charge >= 0.3 is 5.97 Å². The van der Waals surface area contributed by atoms with Crippen LogP contribution in [-0.4, -0.2) is 31.8 Å². The van der Waals surface area contributed by atoms with Crippen molar-refractivity contribution in [1.82, 2.24) is 5.32 Å². The van der Waals surface area contributed by atoms with Gasteiger partial charge in [0.15, 0.2) is 0 Å². The smallest absolute Gasteiger partial charge is 0.307 e. The van der Waals surface area contributed by atoms with Crippen molar-refractivity contribution < 1.29 is 14.3 Å². The van der Waals surface area contributed by atoms with Crippen molar-refractivity contribution in [3.05, 3.63) is 35.9 Å². The van der Waals surface area contributed by atoms with Crippen LogP contribution in [0.1, 0.15) is 18.4 Å². The van der Waals surface area contributed by atoms with Gasteiger partial charge < -0.3 is 14.8 Å². The fraction of sp³-hybridized carbons (Fsp3) is 0.500. The van der Waals surface area contributed by atoms with Crippen LogP contribution in [0.2, 0.25) is 0 Å². The third-order valence-corrected chi connectivity index (χ3v) is 3.15. The van der Waals surface area contributed by atoms with Crippen molar-refractivity contribution >= 4 is 5.97 Å². The molecule has 2 rings (SSSR count). The van der Waals surface area contributed by atoms with Crippen molar-refractivity contribution in [1.29, 1.82) is 0 Å². The molecule has 4 nitrogen and oxygen atoms in total. The first-order valence-electron chi connectivity index (χ1n) is 6.23. The average Bonchev–Trinajstić information content (AvgIpc) is 2.85. The van der Waals surface area contributed by atoms with Gasteiger partial charge in [0.2, 0.25) is 0 Å². The zero-order chi connectivity index (χ0) is 12.8. The monoisotopic (exact) mass is 249 g/mol. The lowest BCUT2D eigenvalue weighted by Crippen LogP contribution is -2.25. The number of benzene rings is 1. The van der Waals surface area contributed by atoms with Gasteiger partial charge in [0.1, 0.15) is 0 Å². The second-order valence-corrected chi connectivity index (χ2v) is 4.54. The van der Waals surface area contributed by atoms with E-state index in [0.717, 1.165) is 13.0 Å². The molecule has 0 aliphatic carbocycles. The highest BCUT2D eigenvalue weighted by molar-refractivity contribution is 5.69. The Kier molecular flexibility index (Phi) is 4.73. The van der Waals surface area contributed by atoms with Gasteiger partial charge in [-0.3, -0.25) is 4.79 Å². The first-order chi connectivity index (χ1) is 8.78. The van der Waals surface area contributed by atoms with Crippen LogP contribution in [0.4, 0.5) is 0 Å². The van der Waals surface area contributed by atoms with Crippen LogP contribution in [-0.2, 0) is 20.9 Å². The molecule has 0 unspecified atom stereocenters. The van der Waals surface area contributed by atoms with Gasteiger partial charge in [0, 0.05) is 12.6 Å². The van der Waals surface area contributed by atoms with E-state index in [1.54, 1.807) is 0 Å². The normalized spacial score (nSPS) is 22.9. The van der Waals surface area contributed by atoms with Crippen molar-refractivity contribution in [2.24, 2.45) is 0 Å². The molecule has 1 aliphatic heterocycles. The van der Waals surface area contributed by atoms with Crippen molar-refractivity contribution in [3.8, 4) is 0 Å². The first-order valence-corrected chi connectivity index (χ1v) is 6.23. The molecule has 1 aliphatic rings. The molecule has 2 atom stereocenters. The SMILES string of the molecule is COC(=O)C[C@@H]1C[C@@H](OCc2ccccc2)CN1. The van der Waals surface area contributed by atoms with Crippen molar-refractivity contribution in [2.45, 2.75) is 31.6 Å². The van der Waals surface area contributed by atoms with Crippen LogP contribution in [0.3, 0.4) is 0 Å². The second-order valence-electron chi connectivity index (χ2n) is 4.54. The van der Waals surface area contributed by atoms with Gasteiger partial charge in [0.05, 0.1) is 26.2 Å². The maximum atomic E-state index is 11.2. The number of hydrogen-bond donors (Lipinski definition) is 1. The largest absolute Gasteiger partial charge is 0.469 e. The molecule has 1 heterocycles. The summed E-state index contributed by atoms with van der Waals surface area (Å²) in [4.78, 5) is 11.2. The number of carbonyl (C=O) groups is 1. The van der Waals surface area contributed by atoms with E-state index < -0.39 is 0 Å². The van der Waals surface area contributed by atoms with Gasteiger partial charge in [-0.1, -0.05) is 30.3 Å². The molecule has 0 bridgehead atoms. The van der Waals surface area contributed by atoms with E-state index in [9.17, 15) is 4.79 Å². The minimum atomic E-state index is -0.170. The van der Waals surface area contributed by atoms with Crippen LogP contribution in [0, 0.1) is 0 Å².